The largest absolute Gasteiger partial charge is 0.494 e. The molecule has 0 spiro atoms. The number of carbonyl (C=O) groups is 1. The monoisotopic (exact) mass is 440 g/mol. The molecule has 31 heavy (non-hydrogen) atoms. The van der Waals surface area contributed by atoms with Crippen LogP contribution < -0.4 is 23.4 Å². The third-order valence-corrected chi connectivity index (χ3v) is 6.00. The van der Waals surface area contributed by atoms with E-state index < -0.39 is 5.82 Å². The summed E-state index contributed by atoms with van der Waals surface area (Å²) in [6.07, 6.45) is 0. The SMILES string of the molecule is COc1ccc(CN2C(=O)N(c3ccc(OC)c(OC)c3)Sc3ccccc32)cc1F. The average molecular weight is 440 g/mol. The molecule has 6 nitrogen and oxygen atoms in total. The van der Waals surface area contributed by atoms with Gasteiger partial charge in [0.1, 0.15) is 0 Å². The van der Waals surface area contributed by atoms with E-state index in [1.165, 1.54) is 25.1 Å². The standard InChI is InChI=1S/C23H21FN2O4S/c1-28-19-10-8-15(12-17(19)24)14-25-18-6-4-5-7-22(18)31-26(23(25)27)16-9-11-20(29-2)21(13-16)30-3/h4-13H,14H2,1-3H3. The van der Waals surface area contributed by atoms with Crippen LogP contribution >= 0.6 is 11.9 Å². The van der Waals surface area contributed by atoms with Crippen LogP contribution in [0.5, 0.6) is 17.2 Å². The molecule has 0 bridgehead atoms. The van der Waals surface area contributed by atoms with E-state index >= 15 is 0 Å². The van der Waals surface area contributed by atoms with Gasteiger partial charge in [0.2, 0.25) is 0 Å². The van der Waals surface area contributed by atoms with Gasteiger partial charge in [-0.15, -0.1) is 0 Å². The first-order chi connectivity index (χ1) is 15.0. The molecule has 8 heteroatoms. The number of urea groups is 1. The predicted octanol–water partition coefficient (Wildman–Crippen LogP) is 5.51. The van der Waals surface area contributed by atoms with Crippen molar-refractivity contribution >= 4 is 29.4 Å². The summed E-state index contributed by atoms with van der Waals surface area (Å²) in [4.78, 5) is 16.0. The molecule has 1 aliphatic heterocycles. The lowest BCUT2D eigenvalue weighted by Gasteiger charge is -2.36. The number of hydrogen-bond acceptors (Lipinski definition) is 5. The number of fused-ring (bicyclic) bond motifs is 1. The second-order valence-corrected chi connectivity index (χ2v) is 7.72. The maximum Gasteiger partial charge on any atom is 0.339 e. The molecule has 1 aliphatic rings. The number of nitrogens with zero attached hydrogens (tertiary/aromatic N) is 2. The molecule has 0 aromatic heterocycles. The quantitative estimate of drug-likeness (QED) is 0.474. The summed E-state index contributed by atoms with van der Waals surface area (Å²) >= 11 is 1.33. The van der Waals surface area contributed by atoms with Crippen molar-refractivity contribution in [2.75, 3.05) is 30.5 Å². The van der Waals surface area contributed by atoms with Crippen LogP contribution in [0.15, 0.2) is 65.6 Å². The molecule has 3 aromatic carbocycles. The third-order valence-electron chi connectivity index (χ3n) is 4.91. The Labute approximate surface area is 184 Å². The molecule has 0 aliphatic carbocycles. The fraction of sp³-hybridized carbons (Fsp3) is 0.174. The number of anilines is 2. The van der Waals surface area contributed by atoms with Crippen LogP contribution in [0.3, 0.4) is 0 Å². The Kier molecular flexibility index (Phi) is 5.90. The number of ether oxygens (including phenoxy) is 3. The van der Waals surface area contributed by atoms with Gasteiger partial charge in [0.15, 0.2) is 23.1 Å². The van der Waals surface area contributed by atoms with E-state index in [0.717, 1.165) is 10.6 Å². The molecule has 160 valence electrons. The van der Waals surface area contributed by atoms with Crippen LogP contribution in [0.25, 0.3) is 0 Å². The molecule has 0 atom stereocenters. The van der Waals surface area contributed by atoms with Gasteiger partial charge in [0.05, 0.1) is 44.1 Å². The Morgan fingerprint density at radius 3 is 2.29 bits per heavy atom. The van der Waals surface area contributed by atoms with Crippen LogP contribution in [0.1, 0.15) is 5.56 Å². The van der Waals surface area contributed by atoms with Crippen LogP contribution in [0.2, 0.25) is 0 Å². The second kappa shape index (κ2) is 8.77. The molecule has 4 rings (SSSR count). The Hall–Kier alpha value is -3.39. The van der Waals surface area contributed by atoms with Gasteiger partial charge in [-0.2, -0.15) is 0 Å². The van der Waals surface area contributed by atoms with E-state index in [9.17, 15) is 9.18 Å². The minimum atomic E-state index is -0.469. The molecule has 0 N–H and O–H groups in total. The van der Waals surface area contributed by atoms with Crippen LogP contribution in [0, 0.1) is 5.82 Å². The number of methoxy groups -OCH3 is 3. The zero-order chi connectivity index (χ0) is 22.0. The maximum atomic E-state index is 14.2. The summed E-state index contributed by atoms with van der Waals surface area (Å²) in [5.74, 6) is 0.795. The lowest BCUT2D eigenvalue weighted by molar-refractivity contribution is 0.254. The number of para-hydroxylation sites is 1. The van der Waals surface area contributed by atoms with Gasteiger partial charge in [-0.3, -0.25) is 4.90 Å². The number of amides is 2. The molecule has 0 radical (unpaired) electrons. The summed E-state index contributed by atoms with van der Waals surface area (Å²) in [6.45, 7) is 0.209. The minimum absolute atomic E-state index is 0.164. The fourth-order valence-corrected chi connectivity index (χ4v) is 4.37. The first kappa shape index (κ1) is 20.9. The molecule has 1 heterocycles. The third kappa shape index (κ3) is 3.98. The van der Waals surface area contributed by atoms with Crippen molar-refractivity contribution < 1.29 is 23.4 Å². The summed E-state index contributed by atoms with van der Waals surface area (Å²) in [6, 6.07) is 17.4. The highest BCUT2D eigenvalue weighted by Crippen LogP contribution is 2.43. The number of benzene rings is 3. The van der Waals surface area contributed by atoms with E-state index in [2.05, 4.69) is 0 Å². The minimum Gasteiger partial charge on any atom is -0.494 e. The van der Waals surface area contributed by atoms with Gasteiger partial charge in [-0.25, -0.2) is 13.5 Å². The van der Waals surface area contributed by atoms with Crippen molar-refractivity contribution in [1.29, 1.82) is 0 Å². The van der Waals surface area contributed by atoms with Crippen LogP contribution in [-0.4, -0.2) is 27.4 Å². The van der Waals surface area contributed by atoms with Crippen LogP contribution in [-0.2, 0) is 6.54 Å². The van der Waals surface area contributed by atoms with Crippen molar-refractivity contribution in [3.8, 4) is 17.2 Å². The summed E-state index contributed by atoms with van der Waals surface area (Å²) in [5.41, 5.74) is 2.07. The molecule has 3 aromatic rings. The number of hydrogen-bond donors (Lipinski definition) is 0. The fourth-order valence-electron chi connectivity index (χ4n) is 3.37. The topological polar surface area (TPSA) is 51.2 Å². The Morgan fingerprint density at radius 1 is 0.871 bits per heavy atom. The van der Waals surface area contributed by atoms with Gasteiger partial charge in [-0.05, 0) is 53.9 Å². The van der Waals surface area contributed by atoms with E-state index in [0.29, 0.717) is 22.7 Å². The van der Waals surface area contributed by atoms with E-state index in [-0.39, 0.29) is 18.3 Å². The number of carbonyl (C=O) groups excluding carboxylic acids is 1. The summed E-state index contributed by atoms with van der Waals surface area (Å²) in [5, 5.41) is 0. The lowest BCUT2D eigenvalue weighted by Crippen LogP contribution is -2.42. The Morgan fingerprint density at radius 2 is 1.58 bits per heavy atom. The molecule has 0 fully saturated rings. The zero-order valence-electron chi connectivity index (χ0n) is 17.3. The highest BCUT2D eigenvalue weighted by molar-refractivity contribution is 8.01. The van der Waals surface area contributed by atoms with Gasteiger partial charge in [-0.1, -0.05) is 18.2 Å². The molecule has 2 amide bonds. The van der Waals surface area contributed by atoms with E-state index in [4.69, 9.17) is 14.2 Å². The van der Waals surface area contributed by atoms with Crippen molar-refractivity contribution in [1.82, 2.24) is 0 Å². The van der Waals surface area contributed by atoms with Gasteiger partial charge in [0, 0.05) is 6.07 Å². The van der Waals surface area contributed by atoms with Crippen LogP contribution in [0.4, 0.5) is 20.6 Å². The zero-order valence-corrected chi connectivity index (χ0v) is 18.1. The summed E-state index contributed by atoms with van der Waals surface area (Å²) in [7, 11) is 4.53. The van der Waals surface area contributed by atoms with Crippen molar-refractivity contribution in [3.05, 3.63) is 72.0 Å². The molecule has 0 unspecified atom stereocenters. The second-order valence-electron chi connectivity index (χ2n) is 6.73. The first-order valence-electron chi connectivity index (χ1n) is 9.48. The highest BCUT2D eigenvalue weighted by Gasteiger charge is 2.33. The molecular formula is C23H21FN2O4S. The molecule has 0 saturated heterocycles. The predicted molar refractivity (Wildman–Crippen MR) is 119 cm³/mol. The lowest BCUT2D eigenvalue weighted by atomic mass is 10.1. The van der Waals surface area contributed by atoms with E-state index in [1.807, 2.05) is 24.3 Å². The van der Waals surface area contributed by atoms with Gasteiger partial charge < -0.3 is 14.2 Å². The van der Waals surface area contributed by atoms with E-state index in [1.54, 1.807) is 53.8 Å². The van der Waals surface area contributed by atoms with Gasteiger partial charge >= 0.3 is 6.03 Å². The smallest absolute Gasteiger partial charge is 0.339 e. The van der Waals surface area contributed by atoms with Crippen molar-refractivity contribution in [3.63, 3.8) is 0 Å². The van der Waals surface area contributed by atoms with Gasteiger partial charge in [0.25, 0.3) is 0 Å². The normalized spacial score (nSPS) is 13.1. The first-order valence-corrected chi connectivity index (χ1v) is 10.3. The summed E-state index contributed by atoms with van der Waals surface area (Å²) < 4.78 is 31.5. The molecular weight excluding hydrogens is 419 g/mol. The molecule has 0 saturated carbocycles. The highest BCUT2D eigenvalue weighted by atomic mass is 32.2. The number of halogens is 1. The maximum absolute atomic E-state index is 14.2. The average Bonchev–Trinajstić information content (AvgIpc) is 2.80. The number of rotatable bonds is 6. The Bertz CT molecular complexity index is 1120. The Balaban J connectivity index is 1.72. The van der Waals surface area contributed by atoms with Crippen molar-refractivity contribution in [2.24, 2.45) is 0 Å². The van der Waals surface area contributed by atoms with Crippen molar-refractivity contribution in [2.45, 2.75) is 11.4 Å².